The first-order chi connectivity index (χ1) is 6.06. The largest absolute Gasteiger partial charge is 0.313 e. The standard InChI is InChI=1S/C7H5Cl2F2NO/c8-2-4-3(6(10)11)1-5(9)12-7(4)13/h1,6H,2H2,(H,12,13). The Balaban J connectivity index is 3.38. The van der Waals surface area contributed by atoms with Gasteiger partial charge in [0.15, 0.2) is 0 Å². The average Bonchev–Trinajstić information content (AvgIpc) is 2.02. The summed E-state index contributed by atoms with van der Waals surface area (Å²) in [5, 5.41) is -0.117. The van der Waals surface area contributed by atoms with Crippen molar-refractivity contribution in [2.45, 2.75) is 12.3 Å². The van der Waals surface area contributed by atoms with Gasteiger partial charge in [0.1, 0.15) is 5.15 Å². The summed E-state index contributed by atoms with van der Waals surface area (Å²) in [5.41, 5.74) is -1.22. The van der Waals surface area contributed by atoms with Crippen molar-refractivity contribution < 1.29 is 8.78 Å². The third kappa shape index (κ3) is 2.19. The molecule has 0 spiro atoms. The molecule has 0 aromatic carbocycles. The summed E-state index contributed by atoms with van der Waals surface area (Å²) in [6.07, 6.45) is -2.74. The summed E-state index contributed by atoms with van der Waals surface area (Å²) in [5.74, 6) is -0.258. The molecule has 0 aliphatic heterocycles. The Morgan fingerprint density at radius 1 is 1.54 bits per heavy atom. The van der Waals surface area contributed by atoms with Crippen LogP contribution in [0, 0.1) is 0 Å². The van der Waals surface area contributed by atoms with E-state index in [-0.39, 0.29) is 16.6 Å². The molecule has 0 aliphatic rings. The van der Waals surface area contributed by atoms with Crippen LogP contribution in [0.15, 0.2) is 10.9 Å². The summed E-state index contributed by atoms with van der Waals surface area (Å²) in [7, 11) is 0. The van der Waals surface area contributed by atoms with E-state index in [1.54, 1.807) is 0 Å². The molecule has 1 aromatic rings. The van der Waals surface area contributed by atoms with E-state index in [2.05, 4.69) is 4.98 Å². The number of rotatable bonds is 2. The van der Waals surface area contributed by atoms with Crippen LogP contribution in [0.1, 0.15) is 17.6 Å². The summed E-state index contributed by atoms with van der Waals surface area (Å²) >= 11 is 10.7. The second-order valence-electron chi connectivity index (χ2n) is 2.31. The van der Waals surface area contributed by atoms with E-state index in [0.717, 1.165) is 6.07 Å². The summed E-state index contributed by atoms with van der Waals surface area (Å²) < 4.78 is 24.6. The highest BCUT2D eigenvalue weighted by atomic mass is 35.5. The van der Waals surface area contributed by atoms with Crippen molar-refractivity contribution in [3.8, 4) is 0 Å². The molecule has 0 radical (unpaired) electrons. The molecule has 0 bridgehead atoms. The lowest BCUT2D eigenvalue weighted by Crippen LogP contribution is -2.14. The van der Waals surface area contributed by atoms with E-state index in [4.69, 9.17) is 23.2 Å². The molecular weight excluding hydrogens is 223 g/mol. The van der Waals surface area contributed by atoms with Crippen LogP contribution in [0.25, 0.3) is 0 Å². The molecule has 1 rings (SSSR count). The minimum atomic E-state index is -2.74. The average molecular weight is 228 g/mol. The molecule has 6 heteroatoms. The molecule has 13 heavy (non-hydrogen) atoms. The van der Waals surface area contributed by atoms with E-state index in [9.17, 15) is 13.6 Å². The van der Waals surface area contributed by atoms with Gasteiger partial charge >= 0.3 is 0 Å². The molecule has 1 heterocycles. The number of aromatic amines is 1. The lowest BCUT2D eigenvalue weighted by Gasteiger charge is -2.04. The summed E-state index contributed by atoms with van der Waals surface area (Å²) in [6.45, 7) is 0. The Bertz CT molecular complexity index is 364. The zero-order valence-electron chi connectivity index (χ0n) is 6.28. The van der Waals surface area contributed by atoms with Crippen molar-refractivity contribution in [3.63, 3.8) is 0 Å². The number of pyridine rings is 1. The van der Waals surface area contributed by atoms with Crippen LogP contribution < -0.4 is 5.56 Å². The molecule has 0 atom stereocenters. The predicted octanol–water partition coefficient (Wildman–Crippen LogP) is 2.70. The van der Waals surface area contributed by atoms with Crippen LogP contribution in [0.2, 0.25) is 5.15 Å². The molecule has 1 N–H and O–H groups in total. The van der Waals surface area contributed by atoms with E-state index < -0.39 is 17.5 Å². The second kappa shape index (κ2) is 4.07. The Hall–Kier alpha value is -0.610. The van der Waals surface area contributed by atoms with Gasteiger partial charge in [-0.1, -0.05) is 11.6 Å². The van der Waals surface area contributed by atoms with Gasteiger partial charge in [-0.3, -0.25) is 4.79 Å². The van der Waals surface area contributed by atoms with Gasteiger partial charge < -0.3 is 4.98 Å². The SMILES string of the molecule is O=c1[nH]c(Cl)cc(C(F)F)c1CCl. The van der Waals surface area contributed by atoms with Crippen LogP contribution in [-0.4, -0.2) is 4.98 Å². The maximum absolute atomic E-state index is 12.3. The van der Waals surface area contributed by atoms with E-state index in [0.29, 0.717) is 0 Å². The van der Waals surface area contributed by atoms with E-state index in [1.165, 1.54) is 0 Å². The molecule has 1 aromatic heterocycles. The number of alkyl halides is 3. The quantitative estimate of drug-likeness (QED) is 0.612. The van der Waals surface area contributed by atoms with Gasteiger partial charge in [-0.05, 0) is 6.07 Å². The number of H-pyrrole nitrogens is 1. The predicted molar refractivity (Wildman–Crippen MR) is 46.6 cm³/mol. The van der Waals surface area contributed by atoms with Crippen molar-refractivity contribution in [2.75, 3.05) is 0 Å². The first kappa shape index (κ1) is 10.5. The lowest BCUT2D eigenvalue weighted by molar-refractivity contribution is 0.150. The van der Waals surface area contributed by atoms with Crippen LogP contribution in [0.3, 0.4) is 0 Å². The molecular formula is C7H5Cl2F2NO. The molecule has 0 unspecified atom stereocenters. The van der Waals surface area contributed by atoms with Crippen LogP contribution >= 0.6 is 23.2 Å². The van der Waals surface area contributed by atoms with Crippen molar-refractivity contribution in [2.24, 2.45) is 0 Å². The summed E-state index contributed by atoms with van der Waals surface area (Å²) in [6, 6.07) is 1.01. The van der Waals surface area contributed by atoms with Crippen LogP contribution in [0.4, 0.5) is 8.78 Å². The maximum atomic E-state index is 12.3. The smallest absolute Gasteiger partial charge is 0.264 e. The molecule has 0 saturated carbocycles. The van der Waals surface area contributed by atoms with Crippen LogP contribution in [0.5, 0.6) is 0 Å². The number of halogens is 4. The van der Waals surface area contributed by atoms with Crippen molar-refractivity contribution in [1.82, 2.24) is 4.98 Å². The number of hydrogen-bond donors (Lipinski definition) is 1. The molecule has 0 fully saturated rings. The topological polar surface area (TPSA) is 32.9 Å². The van der Waals surface area contributed by atoms with Gasteiger partial charge in [-0.15, -0.1) is 11.6 Å². The Kier molecular flexibility index (Phi) is 3.27. The normalized spacial score (nSPS) is 10.8. The number of nitrogens with one attached hydrogen (secondary N) is 1. The number of hydrogen-bond acceptors (Lipinski definition) is 1. The van der Waals surface area contributed by atoms with Crippen molar-refractivity contribution in [3.05, 3.63) is 32.7 Å². The first-order valence-electron chi connectivity index (χ1n) is 3.32. The minimum Gasteiger partial charge on any atom is -0.313 e. The third-order valence-corrected chi connectivity index (χ3v) is 1.98. The minimum absolute atomic E-state index is 0.117. The fraction of sp³-hybridized carbons (Fsp3) is 0.286. The fourth-order valence-electron chi connectivity index (χ4n) is 0.907. The monoisotopic (exact) mass is 227 g/mol. The Morgan fingerprint density at radius 2 is 2.15 bits per heavy atom. The first-order valence-corrected chi connectivity index (χ1v) is 4.23. The zero-order chi connectivity index (χ0) is 10.0. The van der Waals surface area contributed by atoms with E-state index in [1.807, 2.05) is 0 Å². The van der Waals surface area contributed by atoms with Gasteiger partial charge in [0.25, 0.3) is 12.0 Å². The van der Waals surface area contributed by atoms with Gasteiger partial charge in [-0.25, -0.2) is 8.78 Å². The third-order valence-electron chi connectivity index (χ3n) is 1.51. The molecule has 0 amide bonds. The lowest BCUT2D eigenvalue weighted by atomic mass is 10.1. The summed E-state index contributed by atoms with van der Waals surface area (Å²) in [4.78, 5) is 13.2. The fourth-order valence-corrected chi connectivity index (χ4v) is 1.39. The Labute approximate surface area is 82.5 Å². The van der Waals surface area contributed by atoms with Gasteiger partial charge in [-0.2, -0.15) is 0 Å². The molecule has 72 valence electrons. The van der Waals surface area contributed by atoms with Gasteiger partial charge in [0.05, 0.1) is 5.88 Å². The highest BCUT2D eigenvalue weighted by Crippen LogP contribution is 2.23. The molecule has 0 aliphatic carbocycles. The van der Waals surface area contributed by atoms with Crippen molar-refractivity contribution >= 4 is 23.2 Å². The van der Waals surface area contributed by atoms with Crippen molar-refractivity contribution in [1.29, 1.82) is 0 Å². The highest BCUT2D eigenvalue weighted by molar-refractivity contribution is 6.29. The van der Waals surface area contributed by atoms with Gasteiger partial charge in [0.2, 0.25) is 0 Å². The van der Waals surface area contributed by atoms with Gasteiger partial charge in [0, 0.05) is 11.1 Å². The second-order valence-corrected chi connectivity index (χ2v) is 2.99. The zero-order valence-corrected chi connectivity index (χ0v) is 7.79. The Morgan fingerprint density at radius 3 is 2.62 bits per heavy atom. The molecule has 0 saturated heterocycles. The molecule has 2 nitrogen and oxygen atoms in total. The van der Waals surface area contributed by atoms with E-state index >= 15 is 0 Å². The maximum Gasteiger partial charge on any atom is 0.264 e. The highest BCUT2D eigenvalue weighted by Gasteiger charge is 2.16. The van der Waals surface area contributed by atoms with Crippen LogP contribution in [-0.2, 0) is 5.88 Å². The number of aromatic nitrogens is 1.